The molecule has 0 fully saturated rings. The summed E-state index contributed by atoms with van der Waals surface area (Å²) in [6, 6.07) is -0.265. The van der Waals surface area contributed by atoms with E-state index in [4.69, 9.17) is 4.74 Å². The molecule has 5 nitrogen and oxygen atoms in total. The van der Waals surface area contributed by atoms with Gasteiger partial charge in [0, 0.05) is 6.08 Å². The largest absolute Gasteiger partial charge is 0.466 e. The van der Waals surface area contributed by atoms with Crippen molar-refractivity contribution < 1.29 is 19.1 Å². The maximum Gasteiger partial charge on any atom is 0.408 e. The van der Waals surface area contributed by atoms with Gasteiger partial charge in [0.15, 0.2) is 0 Å². The van der Waals surface area contributed by atoms with Crippen LogP contribution in [0.25, 0.3) is 0 Å². The van der Waals surface area contributed by atoms with Crippen molar-refractivity contribution in [3.05, 3.63) is 12.2 Å². The Kier molecular flexibility index (Phi) is 7.19. The number of carbonyl (C=O) groups excluding carboxylic acids is 2. The van der Waals surface area contributed by atoms with Crippen molar-refractivity contribution in [1.82, 2.24) is 5.32 Å². The van der Waals surface area contributed by atoms with Crippen LogP contribution in [0.15, 0.2) is 12.2 Å². The zero-order valence-electron chi connectivity index (χ0n) is 12.6. The Morgan fingerprint density at radius 3 is 2.32 bits per heavy atom. The fourth-order valence-electron chi connectivity index (χ4n) is 1.33. The summed E-state index contributed by atoms with van der Waals surface area (Å²) in [5, 5.41) is 2.75. The molecule has 0 saturated heterocycles. The van der Waals surface area contributed by atoms with E-state index in [2.05, 4.69) is 10.1 Å². The van der Waals surface area contributed by atoms with Crippen LogP contribution >= 0.6 is 0 Å². The molecule has 0 heterocycles. The number of alkyl carbamates (subject to hydrolysis) is 1. The summed E-state index contributed by atoms with van der Waals surface area (Å²) in [5.74, 6) is -0.257. The molecule has 0 aromatic rings. The average molecular weight is 271 g/mol. The molecule has 19 heavy (non-hydrogen) atoms. The number of amides is 1. The maximum absolute atomic E-state index is 11.7. The molecule has 1 unspecified atom stereocenters. The van der Waals surface area contributed by atoms with Gasteiger partial charge in [0.25, 0.3) is 0 Å². The summed E-state index contributed by atoms with van der Waals surface area (Å²) in [6.07, 6.45) is 3.32. The van der Waals surface area contributed by atoms with E-state index in [0.29, 0.717) is 0 Å². The number of carbonyl (C=O) groups is 2. The van der Waals surface area contributed by atoms with Gasteiger partial charge in [0.05, 0.1) is 13.2 Å². The first-order valence-electron chi connectivity index (χ1n) is 6.45. The fourth-order valence-corrected chi connectivity index (χ4v) is 1.33. The van der Waals surface area contributed by atoms with Gasteiger partial charge in [-0.25, -0.2) is 9.59 Å². The predicted octanol–water partition coefficient (Wildman–Crippen LogP) is 2.66. The van der Waals surface area contributed by atoms with E-state index in [1.807, 2.05) is 13.8 Å². The first-order valence-corrected chi connectivity index (χ1v) is 6.45. The lowest BCUT2D eigenvalue weighted by molar-refractivity contribution is -0.134. The SMILES string of the molecule is CC[C@@H](C)C(/C=C/C(=O)OC)NC(=O)OC(C)(C)C. The van der Waals surface area contributed by atoms with E-state index >= 15 is 0 Å². The van der Waals surface area contributed by atoms with E-state index in [0.717, 1.165) is 6.42 Å². The van der Waals surface area contributed by atoms with Crippen molar-refractivity contribution in [2.24, 2.45) is 5.92 Å². The smallest absolute Gasteiger partial charge is 0.408 e. The van der Waals surface area contributed by atoms with Crippen LogP contribution in [0, 0.1) is 5.92 Å². The molecule has 5 heteroatoms. The minimum Gasteiger partial charge on any atom is -0.466 e. The molecule has 0 saturated carbocycles. The summed E-state index contributed by atoms with van der Waals surface area (Å²) in [5.41, 5.74) is -0.545. The third-order valence-corrected chi connectivity index (χ3v) is 2.58. The van der Waals surface area contributed by atoms with Gasteiger partial charge in [-0.1, -0.05) is 26.3 Å². The van der Waals surface area contributed by atoms with Crippen LogP contribution in [-0.4, -0.2) is 30.8 Å². The van der Waals surface area contributed by atoms with Crippen molar-refractivity contribution in [3.63, 3.8) is 0 Å². The third-order valence-electron chi connectivity index (χ3n) is 2.58. The van der Waals surface area contributed by atoms with Crippen molar-refractivity contribution in [3.8, 4) is 0 Å². The molecule has 0 aromatic carbocycles. The molecular formula is C14H25NO4. The van der Waals surface area contributed by atoms with E-state index < -0.39 is 17.7 Å². The summed E-state index contributed by atoms with van der Waals surface area (Å²) in [7, 11) is 1.31. The topological polar surface area (TPSA) is 64.6 Å². The molecule has 1 N–H and O–H groups in total. The van der Waals surface area contributed by atoms with Crippen molar-refractivity contribution in [1.29, 1.82) is 0 Å². The molecule has 0 spiro atoms. The van der Waals surface area contributed by atoms with Gasteiger partial charge < -0.3 is 14.8 Å². The molecule has 110 valence electrons. The van der Waals surface area contributed by atoms with E-state index in [9.17, 15) is 9.59 Å². The Hall–Kier alpha value is -1.52. The van der Waals surface area contributed by atoms with Crippen molar-refractivity contribution in [2.75, 3.05) is 7.11 Å². The minimum absolute atomic E-state index is 0.188. The first kappa shape index (κ1) is 17.5. The average Bonchev–Trinajstić information content (AvgIpc) is 2.30. The molecule has 2 atom stereocenters. The Morgan fingerprint density at radius 1 is 1.32 bits per heavy atom. The van der Waals surface area contributed by atoms with Gasteiger partial charge in [-0.3, -0.25) is 0 Å². The lowest BCUT2D eigenvalue weighted by Crippen LogP contribution is -2.41. The Morgan fingerprint density at radius 2 is 1.89 bits per heavy atom. The molecule has 0 rings (SSSR count). The highest BCUT2D eigenvalue weighted by Crippen LogP contribution is 2.12. The molecule has 0 aliphatic heterocycles. The third kappa shape index (κ3) is 8.24. The highest BCUT2D eigenvalue weighted by atomic mass is 16.6. The number of esters is 1. The van der Waals surface area contributed by atoms with Crippen LogP contribution in [0.2, 0.25) is 0 Å². The summed E-state index contributed by atoms with van der Waals surface area (Å²) >= 11 is 0. The predicted molar refractivity (Wildman–Crippen MR) is 73.8 cm³/mol. The molecule has 0 bridgehead atoms. The molecule has 0 aliphatic carbocycles. The quantitative estimate of drug-likeness (QED) is 0.616. The van der Waals surface area contributed by atoms with Crippen LogP contribution < -0.4 is 5.32 Å². The van der Waals surface area contributed by atoms with Crippen LogP contribution in [0.3, 0.4) is 0 Å². The number of ether oxygens (including phenoxy) is 2. The number of rotatable bonds is 5. The Bertz CT molecular complexity index is 331. The summed E-state index contributed by atoms with van der Waals surface area (Å²) in [6.45, 7) is 9.41. The van der Waals surface area contributed by atoms with Gasteiger partial charge in [-0.2, -0.15) is 0 Å². The second-order valence-corrected chi connectivity index (χ2v) is 5.44. The van der Waals surface area contributed by atoms with Gasteiger partial charge in [-0.05, 0) is 26.7 Å². The van der Waals surface area contributed by atoms with Crippen molar-refractivity contribution >= 4 is 12.1 Å². The standard InChI is InChI=1S/C14H25NO4/c1-7-10(2)11(8-9-12(16)18-6)15-13(17)19-14(3,4)5/h8-11H,7H2,1-6H3,(H,15,17)/b9-8+/t10-,11?/m1/s1. The number of hydrogen-bond acceptors (Lipinski definition) is 4. The Labute approximate surface area is 115 Å². The highest BCUT2D eigenvalue weighted by Gasteiger charge is 2.21. The minimum atomic E-state index is -0.545. The second kappa shape index (κ2) is 7.81. The lowest BCUT2D eigenvalue weighted by atomic mass is 9.99. The second-order valence-electron chi connectivity index (χ2n) is 5.44. The molecule has 0 aromatic heterocycles. The molecule has 1 amide bonds. The zero-order valence-corrected chi connectivity index (χ0v) is 12.6. The van der Waals surface area contributed by atoms with Crippen LogP contribution in [0.1, 0.15) is 41.0 Å². The van der Waals surface area contributed by atoms with Gasteiger partial charge in [0.1, 0.15) is 5.60 Å². The zero-order chi connectivity index (χ0) is 15.1. The summed E-state index contributed by atoms with van der Waals surface area (Å²) < 4.78 is 9.73. The van der Waals surface area contributed by atoms with Gasteiger partial charge in [0.2, 0.25) is 0 Å². The monoisotopic (exact) mass is 271 g/mol. The molecular weight excluding hydrogens is 246 g/mol. The number of nitrogens with one attached hydrogen (secondary N) is 1. The Balaban J connectivity index is 4.65. The molecule has 0 aliphatic rings. The van der Waals surface area contributed by atoms with Crippen LogP contribution in [-0.2, 0) is 14.3 Å². The summed E-state index contributed by atoms with van der Waals surface area (Å²) in [4.78, 5) is 22.8. The van der Waals surface area contributed by atoms with Gasteiger partial charge in [-0.15, -0.1) is 0 Å². The van der Waals surface area contributed by atoms with Gasteiger partial charge >= 0.3 is 12.1 Å². The lowest BCUT2D eigenvalue weighted by Gasteiger charge is -2.25. The van der Waals surface area contributed by atoms with E-state index in [-0.39, 0.29) is 12.0 Å². The maximum atomic E-state index is 11.7. The number of hydrogen-bond donors (Lipinski definition) is 1. The normalized spacial score (nSPS) is 14.8. The fraction of sp³-hybridized carbons (Fsp3) is 0.714. The van der Waals surface area contributed by atoms with Crippen LogP contribution in [0.4, 0.5) is 4.79 Å². The number of methoxy groups -OCH3 is 1. The van der Waals surface area contributed by atoms with Crippen LogP contribution in [0.5, 0.6) is 0 Å². The first-order chi connectivity index (χ1) is 8.69. The van der Waals surface area contributed by atoms with Crippen molar-refractivity contribution in [2.45, 2.75) is 52.7 Å². The van der Waals surface area contributed by atoms with E-state index in [1.165, 1.54) is 13.2 Å². The van der Waals surface area contributed by atoms with E-state index in [1.54, 1.807) is 26.8 Å². The molecule has 0 radical (unpaired) electrons. The highest BCUT2D eigenvalue weighted by molar-refractivity contribution is 5.82.